The molecular weight excluding hydrogens is 278 g/mol. The molecule has 1 aromatic carbocycles. The summed E-state index contributed by atoms with van der Waals surface area (Å²) >= 11 is 0. The van der Waals surface area contributed by atoms with Crippen LogP contribution in [0.1, 0.15) is 23.2 Å². The van der Waals surface area contributed by atoms with Crippen molar-refractivity contribution in [2.75, 3.05) is 13.1 Å². The number of nitrogens with zero attached hydrogens (tertiary/aromatic N) is 2. The molecule has 0 saturated carbocycles. The van der Waals surface area contributed by atoms with Crippen LogP contribution in [0.25, 0.3) is 0 Å². The van der Waals surface area contributed by atoms with E-state index in [1.807, 2.05) is 0 Å². The molecule has 1 heterocycles. The Labute approximate surface area is 120 Å². The largest absolute Gasteiger partial charge is 0.502 e. The van der Waals surface area contributed by atoms with Gasteiger partial charge in [-0.05, 0) is 18.9 Å². The van der Waals surface area contributed by atoms with Crippen LogP contribution in [0.5, 0.6) is 5.75 Å². The summed E-state index contributed by atoms with van der Waals surface area (Å²) in [6.45, 7) is 0.656. The van der Waals surface area contributed by atoms with Gasteiger partial charge in [-0.25, -0.2) is 0 Å². The zero-order chi connectivity index (χ0) is 15.6. The Balaban J connectivity index is 2.17. The Morgan fingerprint density at radius 2 is 1.95 bits per heavy atom. The predicted molar refractivity (Wildman–Crippen MR) is 72.6 cm³/mol. The number of para-hydroxylation sites is 1. The Bertz CT molecular complexity index is 593. The molecule has 1 aliphatic heterocycles. The average molecular weight is 293 g/mol. The van der Waals surface area contributed by atoms with E-state index in [9.17, 15) is 24.8 Å². The fraction of sp³-hybridized carbons (Fsp3) is 0.385. The first-order chi connectivity index (χ1) is 9.91. The van der Waals surface area contributed by atoms with Gasteiger partial charge in [0, 0.05) is 25.1 Å². The quantitative estimate of drug-likeness (QED) is 0.624. The number of hydrogen-bond donors (Lipinski definition) is 2. The highest BCUT2D eigenvalue weighted by atomic mass is 16.6. The molecule has 1 fully saturated rings. The standard InChI is InChI=1S/C13H15N3O5/c14-12(18)8-4-6-15(7-5-8)13(19)9-2-1-3-10(11(9)17)16(20)21/h1-3,8,17H,4-7H2,(H2,14,18). The Morgan fingerprint density at radius 3 is 2.48 bits per heavy atom. The van der Waals surface area contributed by atoms with Crippen molar-refractivity contribution in [2.45, 2.75) is 12.8 Å². The van der Waals surface area contributed by atoms with Crippen LogP contribution in [0, 0.1) is 16.0 Å². The molecule has 21 heavy (non-hydrogen) atoms. The van der Waals surface area contributed by atoms with E-state index in [0.717, 1.165) is 6.07 Å². The van der Waals surface area contributed by atoms with Crippen LogP contribution >= 0.6 is 0 Å². The number of primary amides is 1. The average Bonchev–Trinajstić information content (AvgIpc) is 2.46. The molecule has 3 N–H and O–H groups in total. The molecule has 1 aromatic rings. The molecule has 0 spiro atoms. The number of carbonyl (C=O) groups excluding carboxylic acids is 2. The molecule has 8 nitrogen and oxygen atoms in total. The van der Waals surface area contributed by atoms with Gasteiger partial charge in [0.25, 0.3) is 5.91 Å². The van der Waals surface area contributed by atoms with Crippen LogP contribution in [0.3, 0.4) is 0 Å². The number of phenols is 1. The summed E-state index contributed by atoms with van der Waals surface area (Å²) in [5, 5.41) is 20.6. The van der Waals surface area contributed by atoms with Gasteiger partial charge in [0.1, 0.15) is 0 Å². The molecule has 0 aliphatic carbocycles. The minimum absolute atomic E-state index is 0.110. The highest BCUT2D eigenvalue weighted by Crippen LogP contribution is 2.31. The summed E-state index contributed by atoms with van der Waals surface area (Å²) in [6, 6.07) is 3.82. The van der Waals surface area contributed by atoms with E-state index >= 15 is 0 Å². The number of benzene rings is 1. The lowest BCUT2D eigenvalue weighted by Gasteiger charge is -2.30. The summed E-state index contributed by atoms with van der Waals surface area (Å²) < 4.78 is 0. The highest BCUT2D eigenvalue weighted by molar-refractivity contribution is 5.98. The van der Waals surface area contributed by atoms with Gasteiger partial charge in [-0.3, -0.25) is 19.7 Å². The zero-order valence-corrected chi connectivity index (χ0v) is 11.2. The third-order valence-electron chi connectivity index (χ3n) is 3.63. The number of rotatable bonds is 3. The number of phenolic OH excluding ortho intramolecular Hbond substituents is 1. The normalized spacial score (nSPS) is 15.7. The van der Waals surface area contributed by atoms with Crippen molar-refractivity contribution in [2.24, 2.45) is 11.7 Å². The maximum Gasteiger partial charge on any atom is 0.311 e. The van der Waals surface area contributed by atoms with Crippen molar-refractivity contribution in [1.29, 1.82) is 0 Å². The van der Waals surface area contributed by atoms with Gasteiger partial charge in [0.15, 0.2) is 0 Å². The Hall–Kier alpha value is -2.64. The fourth-order valence-corrected chi connectivity index (χ4v) is 2.39. The van der Waals surface area contributed by atoms with E-state index in [-0.39, 0.29) is 17.4 Å². The SMILES string of the molecule is NC(=O)C1CCN(C(=O)c2cccc([N+](=O)[O-])c2O)CC1. The van der Waals surface area contributed by atoms with Gasteiger partial charge in [0.2, 0.25) is 11.7 Å². The molecule has 0 radical (unpaired) electrons. The van der Waals surface area contributed by atoms with E-state index in [2.05, 4.69) is 0 Å². The number of hydrogen-bond acceptors (Lipinski definition) is 5. The lowest BCUT2D eigenvalue weighted by molar-refractivity contribution is -0.385. The van der Waals surface area contributed by atoms with Crippen molar-refractivity contribution in [3.8, 4) is 5.75 Å². The third-order valence-corrected chi connectivity index (χ3v) is 3.63. The van der Waals surface area contributed by atoms with E-state index < -0.39 is 22.3 Å². The van der Waals surface area contributed by atoms with E-state index in [4.69, 9.17) is 5.73 Å². The topological polar surface area (TPSA) is 127 Å². The summed E-state index contributed by atoms with van der Waals surface area (Å²) in [4.78, 5) is 34.8. The number of amides is 2. The van der Waals surface area contributed by atoms with Crippen molar-refractivity contribution in [3.63, 3.8) is 0 Å². The Morgan fingerprint density at radius 1 is 1.33 bits per heavy atom. The molecule has 0 aromatic heterocycles. The Kier molecular flexibility index (Phi) is 4.06. The molecule has 2 rings (SSSR count). The van der Waals surface area contributed by atoms with Gasteiger partial charge in [-0.2, -0.15) is 0 Å². The number of piperidine rings is 1. The van der Waals surface area contributed by atoms with Crippen molar-refractivity contribution < 1.29 is 19.6 Å². The summed E-state index contributed by atoms with van der Waals surface area (Å²) in [7, 11) is 0. The second-order valence-electron chi connectivity index (χ2n) is 4.90. The van der Waals surface area contributed by atoms with Crippen molar-refractivity contribution in [3.05, 3.63) is 33.9 Å². The second-order valence-corrected chi connectivity index (χ2v) is 4.90. The van der Waals surface area contributed by atoms with Crippen molar-refractivity contribution >= 4 is 17.5 Å². The van der Waals surface area contributed by atoms with Crippen LogP contribution in [-0.2, 0) is 4.79 Å². The lowest BCUT2D eigenvalue weighted by atomic mass is 9.95. The summed E-state index contributed by atoms with van der Waals surface area (Å²) in [5.74, 6) is -1.77. The van der Waals surface area contributed by atoms with Crippen LogP contribution in [0.15, 0.2) is 18.2 Å². The van der Waals surface area contributed by atoms with E-state index in [1.54, 1.807) is 0 Å². The number of nitrogens with two attached hydrogens (primary N) is 1. The van der Waals surface area contributed by atoms with Gasteiger partial charge in [0.05, 0.1) is 10.5 Å². The minimum atomic E-state index is -0.745. The second kappa shape index (κ2) is 5.78. The number of nitro groups is 1. The lowest BCUT2D eigenvalue weighted by Crippen LogP contribution is -2.41. The molecule has 2 amide bonds. The first-order valence-corrected chi connectivity index (χ1v) is 6.46. The molecule has 0 unspecified atom stereocenters. The smallest absolute Gasteiger partial charge is 0.311 e. The van der Waals surface area contributed by atoms with Crippen molar-refractivity contribution in [1.82, 2.24) is 4.90 Å². The van der Waals surface area contributed by atoms with E-state index in [1.165, 1.54) is 17.0 Å². The highest BCUT2D eigenvalue weighted by Gasteiger charge is 2.29. The molecule has 8 heteroatoms. The number of likely N-dealkylation sites (tertiary alicyclic amines) is 1. The molecule has 112 valence electrons. The summed E-state index contributed by atoms with van der Waals surface area (Å²) in [6.07, 6.45) is 0.910. The zero-order valence-electron chi connectivity index (χ0n) is 11.2. The number of nitro benzene ring substituents is 1. The number of carbonyl (C=O) groups is 2. The van der Waals surface area contributed by atoms with E-state index in [0.29, 0.717) is 25.9 Å². The van der Waals surface area contributed by atoms with Gasteiger partial charge >= 0.3 is 5.69 Å². The first-order valence-electron chi connectivity index (χ1n) is 6.46. The molecule has 0 bridgehead atoms. The van der Waals surface area contributed by atoms with Gasteiger partial charge in [-0.15, -0.1) is 0 Å². The van der Waals surface area contributed by atoms with Crippen LogP contribution in [0.2, 0.25) is 0 Å². The van der Waals surface area contributed by atoms with Crippen LogP contribution < -0.4 is 5.73 Å². The maximum atomic E-state index is 12.3. The monoisotopic (exact) mass is 293 g/mol. The maximum absolute atomic E-state index is 12.3. The van der Waals surface area contributed by atoms with Gasteiger partial charge in [-0.1, -0.05) is 6.07 Å². The fourth-order valence-electron chi connectivity index (χ4n) is 2.39. The molecule has 1 aliphatic rings. The van der Waals surface area contributed by atoms with Crippen LogP contribution in [0.4, 0.5) is 5.69 Å². The van der Waals surface area contributed by atoms with Crippen LogP contribution in [-0.4, -0.2) is 39.8 Å². The number of aromatic hydroxyl groups is 1. The molecular formula is C13H15N3O5. The summed E-state index contributed by atoms with van der Waals surface area (Å²) in [5.41, 5.74) is 4.60. The predicted octanol–water partition coefficient (Wildman–Crippen LogP) is 0.638. The third kappa shape index (κ3) is 2.93. The first kappa shape index (κ1) is 14.8. The van der Waals surface area contributed by atoms with Gasteiger partial charge < -0.3 is 15.7 Å². The molecule has 1 saturated heterocycles. The molecule has 0 atom stereocenters. The minimum Gasteiger partial charge on any atom is -0.502 e.